The quantitative estimate of drug-likeness (QED) is 0.635. The Hall–Kier alpha value is -3.41. The number of hydrogen-bond donors (Lipinski definition) is 1. The van der Waals surface area contributed by atoms with Crippen molar-refractivity contribution in [1.29, 1.82) is 0 Å². The van der Waals surface area contributed by atoms with Crippen LogP contribution in [0.15, 0.2) is 60.9 Å². The number of alkyl halides is 1. The molecular formula is C24H23FNO4+. The molecule has 0 saturated carbocycles. The van der Waals surface area contributed by atoms with E-state index < -0.39 is 11.5 Å². The number of halogens is 1. The second kappa shape index (κ2) is 7.78. The van der Waals surface area contributed by atoms with Crippen LogP contribution < -0.4 is 14.0 Å². The van der Waals surface area contributed by atoms with Crippen molar-refractivity contribution in [1.82, 2.24) is 0 Å². The molecule has 0 spiro atoms. The highest BCUT2D eigenvalue weighted by molar-refractivity contribution is 6.07. The molecule has 1 aliphatic carbocycles. The topological polar surface area (TPSA) is 59.6 Å². The van der Waals surface area contributed by atoms with E-state index in [4.69, 9.17) is 9.47 Å². The predicted octanol–water partition coefficient (Wildman–Crippen LogP) is 3.44. The molecule has 6 heteroatoms. The van der Waals surface area contributed by atoms with E-state index >= 15 is 4.39 Å². The third-order valence-electron chi connectivity index (χ3n) is 5.48. The standard InChI is InChI=1S/C24H22FNO4/c1-29-21-11-18-14-24(25,23(28)20(18)12-22(21)30-2)13-16-7-9-26(10-8-16)15-17-3-5-19(27)6-4-17/h3-12H,13-15H2,1-2H3/p+1. The van der Waals surface area contributed by atoms with Crippen LogP contribution in [0.3, 0.4) is 0 Å². The minimum absolute atomic E-state index is 0.00515. The Balaban J connectivity index is 1.50. The Labute approximate surface area is 174 Å². The third kappa shape index (κ3) is 3.73. The highest BCUT2D eigenvalue weighted by Crippen LogP contribution is 2.41. The summed E-state index contributed by atoms with van der Waals surface area (Å²) in [6.07, 6.45) is 3.75. The van der Waals surface area contributed by atoms with Gasteiger partial charge in [0.05, 0.1) is 14.2 Å². The number of phenolic OH excluding ortho intramolecular Hbond substituents is 1. The number of ether oxygens (including phenoxy) is 2. The van der Waals surface area contributed by atoms with Crippen LogP contribution in [0.4, 0.5) is 4.39 Å². The van der Waals surface area contributed by atoms with E-state index in [-0.39, 0.29) is 18.6 Å². The second-order valence-corrected chi connectivity index (χ2v) is 7.56. The number of benzene rings is 2. The Morgan fingerprint density at radius 2 is 1.63 bits per heavy atom. The number of fused-ring (bicyclic) bond motifs is 1. The molecule has 2 aromatic carbocycles. The number of rotatable bonds is 6. The van der Waals surface area contributed by atoms with Crippen molar-refractivity contribution in [2.24, 2.45) is 0 Å². The van der Waals surface area contributed by atoms with Gasteiger partial charge in [-0.15, -0.1) is 0 Å². The summed E-state index contributed by atoms with van der Waals surface area (Å²) < 4.78 is 28.2. The number of ketones is 1. The van der Waals surface area contributed by atoms with Gasteiger partial charge in [-0.3, -0.25) is 4.79 Å². The number of hydrogen-bond acceptors (Lipinski definition) is 4. The Morgan fingerprint density at radius 3 is 2.27 bits per heavy atom. The Morgan fingerprint density at radius 1 is 1.00 bits per heavy atom. The zero-order chi connectivity index (χ0) is 21.3. The van der Waals surface area contributed by atoms with E-state index in [9.17, 15) is 9.90 Å². The Kier molecular flexibility index (Phi) is 5.16. The van der Waals surface area contributed by atoms with Crippen LogP contribution in [0.5, 0.6) is 17.2 Å². The lowest BCUT2D eigenvalue weighted by atomic mass is 9.93. The van der Waals surface area contributed by atoms with Gasteiger partial charge in [0.15, 0.2) is 36.1 Å². The number of Topliss-reactive ketones (excluding diaryl/α,β-unsaturated/α-hetero) is 1. The minimum Gasteiger partial charge on any atom is -0.508 e. The van der Waals surface area contributed by atoms with E-state index in [1.807, 2.05) is 41.2 Å². The van der Waals surface area contributed by atoms with Gasteiger partial charge in [-0.2, -0.15) is 0 Å². The maximum absolute atomic E-state index is 15.7. The van der Waals surface area contributed by atoms with E-state index in [0.717, 1.165) is 11.1 Å². The summed E-state index contributed by atoms with van der Waals surface area (Å²) in [6, 6.07) is 13.9. The van der Waals surface area contributed by atoms with Gasteiger partial charge in [0, 0.05) is 36.1 Å². The summed E-state index contributed by atoms with van der Waals surface area (Å²) in [6.45, 7) is 0.630. The molecule has 1 N–H and O–H groups in total. The van der Waals surface area contributed by atoms with Crippen molar-refractivity contribution in [3.05, 3.63) is 83.2 Å². The van der Waals surface area contributed by atoms with Crippen LogP contribution >= 0.6 is 0 Å². The lowest BCUT2D eigenvalue weighted by Crippen LogP contribution is -2.35. The summed E-state index contributed by atoms with van der Waals surface area (Å²) in [4.78, 5) is 12.8. The molecule has 0 radical (unpaired) electrons. The van der Waals surface area contributed by atoms with Gasteiger partial charge in [0.25, 0.3) is 0 Å². The summed E-state index contributed by atoms with van der Waals surface area (Å²) in [5, 5.41) is 9.38. The smallest absolute Gasteiger partial charge is 0.201 e. The van der Waals surface area contributed by atoms with Gasteiger partial charge < -0.3 is 14.6 Å². The molecule has 1 aromatic heterocycles. The molecule has 0 amide bonds. The van der Waals surface area contributed by atoms with Gasteiger partial charge in [-0.05, 0) is 47.5 Å². The van der Waals surface area contributed by atoms with Gasteiger partial charge >= 0.3 is 0 Å². The lowest BCUT2D eigenvalue weighted by Gasteiger charge is -2.17. The van der Waals surface area contributed by atoms with Crippen LogP contribution in [0, 0.1) is 0 Å². The molecule has 0 fully saturated rings. The molecule has 1 aliphatic rings. The molecule has 1 unspecified atom stereocenters. The van der Waals surface area contributed by atoms with Crippen molar-refractivity contribution < 1.29 is 28.3 Å². The molecule has 1 heterocycles. The molecule has 154 valence electrons. The molecule has 0 aliphatic heterocycles. The fourth-order valence-corrected chi connectivity index (χ4v) is 3.89. The lowest BCUT2D eigenvalue weighted by molar-refractivity contribution is -0.688. The first-order valence-corrected chi connectivity index (χ1v) is 9.66. The largest absolute Gasteiger partial charge is 0.508 e. The Bertz CT molecular complexity index is 1080. The van der Waals surface area contributed by atoms with E-state index in [2.05, 4.69) is 0 Å². The van der Waals surface area contributed by atoms with Gasteiger partial charge in [0.1, 0.15) is 5.75 Å². The zero-order valence-electron chi connectivity index (χ0n) is 16.9. The number of phenols is 1. The van der Waals surface area contributed by atoms with Gasteiger partial charge in [0.2, 0.25) is 5.78 Å². The van der Waals surface area contributed by atoms with Crippen LogP contribution in [0.25, 0.3) is 0 Å². The highest BCUT2D eigenvalue weighted by atomic mass is 19.1. The normalized spacial score (nSPS) is 17.6. The van der Waals surface area contributed by atoms with Crippen LogP contribution in [0.2, 0.25) is 0 Å². The summed E-state index contributed by atoms with van der Waals surface area (Å²) in [7, 11) is 3.00. The van der Waals surface area contributed by atoms with Crippen molar-refractivity contribution in [2.45, 2.75) is 25.1 Å². The van der Waals surface area contributed by atoms with Gasteiger partial charge in [-0.25, -0.2) is 8.96 Å². The number of aromatic nitrogens is 1. The molecule has 30 heavy (non-hydrogen) atoms. The minimum atomic E-state index is -1.98. The first-order chi connectivity index (χ1) is 14.4. The number of methoxy groups -OCH3 is 2. The first kappa shape index (κ1) is 19.9. The number of pyridine rings is 1. The second-order valence-electron chi connectivity index (χ2n) is 7.56. The number of carbonyl (C=O) groups is 1. The monoisotopic (exact) mass is 408 g/mol. The van der Waals surface area contributed by atoms with Crippen LogP contribution in [0.1, 0.15) is 27.0 Å². The third-order valence-corrected chi connectivity index (χ3v) is 5.48. The molecular weight excluding hydrogens is 385 g/mol. The maximum Gasteiger partial charge on any atom is 0.201 e. The number of carbonyl (C=O) groups excluding carboxylic acids is 1. The zero-order valence-corrected chi connectivity index (χ0v) is 16.9. The number of aromatic hydroxyl groups is 1. The molecule has 0 saturated heterocycles. The maximum atomic E-state index is 15.7. The highest BCUT2D eigenvalue weighted by Gasteiger charge is 2.46. The van der Waals surface area contributed by atoms with Crippen molar-refractivity contribution in [3.8, 4) is 17.2 Å². The van der Waals surface area contributed by atoms with Crippen molar-refractivity contribution in [3.63, 3.8) is 0 Å². The van der Waals surface area contributed by atoms with E-state index in [1.54, 1.807) is 24.3 Å². The predicted molar refractivity (Wildman–Crippen MR) is 109 cm³/mol. The fraction of sp³-hybridized carbons (Fsp3) is 0.250. The molecule has 5 nitrogen and oxygen atoms in total. The average molecular weight is 408 g/mol. The van der Waals surface area contributed by atoms with Crippen molar-refractivity contribution >= 4 is 5.78 Å². The van der Waals surface area contributed by atoms with Crippen LogP contribution in [-0.2, 0) is 19.4 Å². The number of nitrogens with zero attached hydrogens (tertiary/aromatic N) is 1. The van der Waals surface area contributed by atoms with E-state index in [0.29, 0.717) is 29.2 Å². The molecule has 3 aromatic rings. The summed E-state index contributed by atoms with van der Waals surface area (Å²) >= 11 is 0. The molecule has 1 atom stereocenters. The van der Waals surface area contributed by atoms with Gasteiger partial charge in [-0.1, -0.05) is 0 Å². The van der Waals surface area contributed by atoms with Crippen LogP contribution in [-0.4, -0.2) is 30.8 Å². The summed E-state index contributed by atoms with van der Waals surface area (Å²) in [5.74, 6) is 0.621. The van der Waals surface area contributed by atoms with Crippen molar-refractivity contribution in [2.75, 3.05) is 14.2 Å². The first-order valence-electron chi connectivity index (χ1n) is 9.66. The molecule has 4 rings (SSSR count). The molecule has 0 bridgehead atoms. The SMILES string of the molecule is COc1cc2c(cc1OC)C(=O)C(F)(Cc1cc[n+](Cc3ccc(O)cc3)cc1)C2. The summed E-state index contributed by atoms with van der Waals surface area (Å²) in [5.41, 5.74) is 0.798. The average Bonchev–Trinajstić information content (AvgIpc) is 2.99. The van der Waals surface area contributed by atoms with E-state index in [1.165, 1.54) is 14.2 Å². The fourth-order valence-electron chi connectivity index (χ4n) is 3.89.